The van der Waals surface area contributed by atoms with Crippen LogP contribution >= 0.6 is 0 Å². The summed E-state index contributed by atoms with van der Waals surface area (Å²) in [6.07, 6.45) is 3.67. The van der Waals surface area contributed by atoms with E-state index in [0.29, 0.717) is 50.6 Å². The van der Waals surface area contributed by atoms with Gasteiger partial charge in [-0.15, -0.1) is 0 Å². The molecule has 7 heteroatoms. The molecule has 0 radical (unpaired) electrons. The fraction of sp³-hybridized carbons (Fsp3) is 0.462. The highest BCUT2D eigenvalue weighted by Crippen LogP contribution is 2.35. The quantitative estimate of drug-likeness (QED) is 0.715. The zero-order chi connectivity index (χ0) is 23.4. The number of fused-ring (bicyclic) bond motifs is 1. The van der Waals surface area contributed by atoms with E-state index in [1.807, 2.05) is 30.3 Å². The van der Waals surface area contributed by atoms with Gasteiger partial charge in [-0.25, -0.2) is 4.98 Å². The Morgan fingerprint density at radius 2 is 1.79 bits per heavy atom. The fourth-order valence-electron chi connectivity index (χ4n) is 4.80. The third-order valence-corrected chi connectivity index (χ3v) is 6.54. The maximum atomic E-state index is 12.6. The number of nitriles is 1. The van der Waals surface area contributed by atoms with Crippen LogP contribution in [0.5, 0.6) is 0 Å². The molecule has 7 nitrogen and oxygen atoms in total. The highest BCUT2D eigenvalue weighted by atomic mass is 16.2. The van der Waals surface area contributed by atoms with Crippen LogP contribution in [0, 0.1) is 11.3 Å². The molecule has 1 fully saturated rings. The smallest absolute Gasteiger partial charge is 0.312 e. The first-order valence-electron chi connectivity index (χ1n) is 11.8. The van der Waals surface area contributed by atoms with Gasteiger partial charge in [0.15, 0.2) is 0 Å². The number of carbonyl (C=O) groups excluding carboxylic acids is 2. The lowest BCUT2D eigenvalue weighted by atomic mass is 9.97. The first-order valence-corrected chi connectivity index (χ1v) is 11.8. The molecule has 172 valence electrons. The molecule has 33 heavy (non-hydrogen) atoms. The molecule has 1 aliphatic carbocycles. The van der Waals surface area contributed by atoms with Gasteiger partial charge in [0.05, 0.1) is 5.56 Å². The van der Waals surface area contributed by atoms with Gasteiger partial charge in [0.1, 0.15) is 11.9 Å². The summed E-state index contributed by atoms with van der Waals surface area (Å²) in [5.74, 6) is -0.0186. The van der Waals surface area contributed by atoms with Crippen molar-refractivity contribution in [2.24, 2.45) is 0 Å². The van der Waals surface area contributed by atoms with E-state index >= 15 is 0 Å². The molecule has 0 unspecified atom stereocenters. The Bertz CT molecular complexity index is 1070. The SMILES string of the molecule is CC(C)c1nc(N2CCN(C(=O)C(=O)NCCc3ccccc3)CC2)c(C#N)c2c1CCC2. The second-order valence-corrected chi connectivity index (χ2v) is 9.04. The van der Waals surface area contributed by atoms with Crippen LogP contribution in [0.15, 0.2) is 30.3 Å². The minimum absolute atomic E-state index is 0.297. The third-order valence-electron chi connectivity index (χ3n) is 6.54. The summed E-state index contributed by atoms with van der Waals surface area (Å²) >= 11 is 0. The lowest BCUT2D eigenvalue weighted by molar-refractivity contribution is -0.146. The molecule has 1 aliphatic heterocycles. The molecule has 2 aliphatic rings. The van der Waals surface area contributed by atoms with Gasteiger partial charge in [-0.1, -0.05) is 44.2 Å². The summed E-state index contributed by atoms with van der Waals surface area (Å²) < 4.78 is 0. The fourth-order valence-corrected chi connectivity index (χ4v) is 4.80. The number of benzene rings is 1. The molecule has 1 N–H and O–H groups in total. The maximum Gasteiger partial charge on any atom is 0.312 e. The van der Waals surface area contributed by atoms with Gasteiger partial charge >= 0.3 is 11.8 Å². The number of nitrogens with zero attached hydrogens (tertiary/aromatic N) is 4. The van der Waals surface area contributed by atoms with Gasteiger partial charge in [-0.3, -0.25) is 9.59 Å². The number of amides is 2. The van der Waals surface area contributed by atoms with Crippen LogP contribution in [-0.4, -0.2) is 54.4 Å². The molecule has 1 saturated heterocycles. The normalized spacial score (nSPS) is 15.3. The van der Waals surface area contributed by atoms with E-state index in [0.717, 1.165) is 41.9 Å². The molecule has 1 aromatic carbocycles. The van der Waals surface area contributed by atoms with Crippen molar-refractivity contribution in [1.29, 1.82) is 5.26 Å². The lowest BCUT2D eigenvalue weighted by Crippen LogP contribution is -2.53. The Balaban J connectivity index is 1.38. The first-order chi connectivity index (χ1) is 16.0. The molecule has 2 heterocycles. The Hall–Kier alpha value is -3.40. The van der Waals surface area contributed by atoms with Crippen molar-refractivity contribution in [3.8, 4) is 6.07 Å². The molecule has 2 amide bonds. The minimum Gasteiger partial charge on any atom is -0.352 e. The van der Waals surface area contributed by atoms with E-state index in [2.05, 4.69) is 30.1 Å². The van der Waals surface area contributed by atoms with E-state index in [1.54, 1.807) is 4.90 Å². The third kappa shape index (κ3) is 4.85. The highest BCUT2D eigenvalue weighted by molar-refractivity contribution is 6.35. The van der Waals surface area contributed by atoms with Crippen molar-refractivity contribution < 1.29 is 9.59 Å². The molecular formula is C26H31N5O2. The van der Waals surface area contributed by atoms with Crippen molar-refractivity contribution in [2.45, 2.75) is 45.4 Å². The van der Waals surface area contributed by atoms with Crippen molar-refractivity contribution in [1.82, 2.24) is 15.2 Å². The Morgan fingerprint density at radius 1 is 1.09 bits per heavy atom. The molecule has 2 aromatic rings. The topological polar surface area (TPSA) is 89.3 Å². The van der Waals surface area contributed by atoms with E-state index in [4.69, 9.17) is 4.98 Å². The molecule has 0 spiro atoms. The monoisotopic (exact) mass is 445 g/mol. The number of piperazine rings is 1. The number of aromatic nitrogens is 1. The van der Waals surface area contributed by atoms with Crippen LogP contribution in [0.2, 0.25) is 0 Å². The Kier molecular flexibility index (Phi) is 6.93. The van der Waals surface area contributed by atoms with Gasteiger partial charge in [0.25, 0.3) is 0 Å². The average molecular weight is 446 g/mol. The van der Waals surface area contributed by atoms with Crippen molar-refractivity contribution in [2.75, 3.05) is 37.6 Å². The highest BCUT2D eigenvalue weighted by Gasteiger charge is 2.30. The number of carbonyl (C=O) groups is 2. The first kappa shape index (κ1) is 22.8. The number of nitrogens with one attached hydrogen (secondary N) is 1. The van der Waals surface area contributed by atoms with Gasteiger partial charge in [0, 0.05) is 38.4 Å². The molecular weight excluding hydrogens is 414 g/mol. The molecule has 0 atom stereocenters. The second kappa shape index (κ2) is 10.0. The summed E-state index contributed by atoms with van der Waals surface area (Å²) in [4.78, 5) is 33.6. The predicted octanol–water partition coefficient (Wildman–Crippen LogP) is 2.57. The van der Waals surface area contributed by atoms with E-state index in [1.165, 1.54) is 5.56 Å². The zero-order valence-corrected chi connectivity index (χ0v) is 19.4. The van der Waals surface area contributed by atoms with Crippen LogP contribution < -0.4 is 10.2 Å². The van der Waals surface area contributed by atoms with Crippen molar-refractivity contribution in [3.05, 3.63) is 58.3 Å². The molecule has 0 bridgehead atoms. The van der Waals surface area contributed by atoms with E-state index in [-0.39, 0.29) is 0 Å². The number of rotatable bonds is 5. The van der Waals surface area contributed by atoms with Crippen LogP contribution in [0.4, 0.5) is 5.82 Å². The number of hydrogen-bond donors (Lipinski definition) is 1. The lowest BCUT2D eigenvalue weighted by Gasteiger charge is -2.36. The number of pyridine rings is 1. The largest absolute Gasteiger partial charge is 0.352 e. The number of hydrogen-bond acceptors (Lipinski definition) is 5. The van der Waals surface area contributed by atoms with Gasteiger partial charge in [0.2, 0.25) is 0 Å². The Labute approximate surface area is 195 Å². The van der Waals surface area contributed by atoms with Gasteiger partial charge < -0.3 is 15.1 Å². The summed E-state index contributed by atoms with van der Waals surface area (Å²) in [6, 6.07) is 12.3. The summed E-state index contributed by atoms with van der Waals surface area (Å²) in [5.41, 5.74) is 5.31. The molecule has 4 rings (SSSR count). The summed E-state index contributed by atoms with van der Waals surface area (Å²) in [7, 11) is 0. The standard InChI is InChI=1S/C26H31N5O2/c1-18(2)23-21-10-6-9-20(21)22(17-27)24(29-23)30-13-15-31(16-14-30)26(33)25(32)28-12-11-19-7-4-3-5-8-19/h3-5,7-8,18H,6,9-16H2,1-2H3,(H,28,32). The van der Waals surface area contributed by atoms with Crippen LogP contribution in [0.25, 0.3) is 0 Å². The minimum atomic E-state index is -0.560. The van der Waals surface area contributed by atoms with Crippen LogP contribution in [0.3, 0.4) is 0 Å². The van der Waals surface area contributed by atoms with Crippen LogP contribution in [-0.2, 0) is 28.9 Å². The second-order valence-electron chi connectivity index (χ2n) is 9.04. The van der Waals surface area contributed by atoms with Crippen molar-refractivity contribution >= 4 is 17.6 Å². The van der Waals surface area contributed by atoms with E-state index < -0.39 is 11.8 Å². The van der Waals surface area contributed by atoms with Gasteiger partial charge in [-0.2, -0.15) is 5.26 Å². The maximum absolute atomic E-state index is 12.6. The zero-order valence-electron chi connectivity index (χ0n) is 19.4. The number of anilines is 1. The van der Waals surface area contributed by atoms with Crippen LogP contribution in [0.1, 0.15) is 54.1 Å². The van der Waals surface area contributed by atoms with E-state index in [9.17, 15) is 14.9 Å². The summed E-state index contributed by atoms with van der Waals surface area (Å²) in [6.45, 7) is 6.70. The average Bonchev–Trinajstić information content (AvgIpc) is 3.33. The molecule has 0 saturated carbocycles. The predicted molar refractivity (Wildman–Crippen MR) is 127 cm³/mol. The summed E-state index contributed by atoms with van der Waals surface area (Å²) in [5, 5.41) is 12.6. The van der Waals surface area contributed by atoms with Crippen molar-refractivity contribution in [3.63, 3.8) is 0 Å². The molecule has 1 aromatic heterocycles. The Morgan fingerprint density at radius 3 is 2.45 bits per heavy atom. The van der Waals surface area contributed by atoms with Gasteiger partial charge in [-0.05, 0) is 48.3 Å².